The molecule has 1 saturated heterocycles. The largest absolute Gasteiger partial charge is 0.272 e. The van der Waals surface area contributed by atoms with Crippen molar-refractivity contribution in [3.63, 3.8) is 0 Å². The van der Waals surface area contributed by atoms with Crippen molar-refractivity contribution in [1.29, 1.82) is 0 Å². The number of hydrogen-bond donors (Lipinski definition) is 0. The van der Waals surface area contributed by atoms with E-state index < -0.39 is 11.3 Å². The molecule has 6 heteroatoms. The number of para-hydroxylation sites is 1. The molecular weight excluding hydrogens is 226 g/mol. The first kappa shape index (κ1) is 9.64. The van der Waals surface area contributed by atoms with Crippen LogP contribution in [0.2, 0.25) is 5.02 Å². The van der Waals surface area contributed by atoms with E-state index in [0.717, 1.165) is 4.31 Å². The summed E-state index contributed by atoms with van der Waals surface area (Å²) in [4.78, 5) is 11.3. The van der Waals surface area contributed by atoms with Gasteiger partial charge >= 0.3 is 0 Å². The van der Waals surface area contributed by atoms with Crippen LogP contribution < -0.4 is 4.31 Å². The highest BCUT2D eigenvalue weighted by molar-refractivity contribution is 7.83. The van der Waals surface area contributed by atoms with E-state index in [-0.39, 0.29) is 12.5 Å². The first-order valence-corrected chi connectivity index (χ1v) is 5.24. The third-order valence-electron chi connectivity index (χ3n) is 1.73. The van der Waals surface area contributed by atoms with Crippen LogP contribution in [-0.2, 0) is 20.2 Å². The smallest absolute Gasteiger partial charge is 0.271 e. The van der Waals surface area contributed by atoms with Gasteiger partial charge in [-0.05, 0) is 12.1 Å². The second-order valence-corrected chi connectivity index (χ2v) is 4.06. The second kappa shape index (κ2) is 3.68. The van der Waals surface area contributed by atoms with Crippen LogP contribution in [0, 0.1) is 0 Å². The summed E-state index contributed by atoms with van der Waals surface area (Å²) in [5.74, 6) is -0.351. The van der Waals surface area contributed by atoms with Gasteiger partial charge in [0.05, 0.1) is 10.7 Å². The van der Waals surface area contributed by atoms with Crippen LogP contribution in [0.3, 0.4) is 0 Å². The number of anilines is 1. The van der Waals surface area contributed by atoms with E-state index in [1.54, 1.807) is 24.3 Å². The number of carbonyl (C=O) groups excluding carboxylic acids is 1. The van der Waals surface area contributed by atoms with E-state index >= 15 is 0 Å². The molecule has 1 atom stereocenters. The molecule has 2 rings (SSSR count). The molecule has 1 aliphatic heterocycles. The van der Waals surface area contributed by atoms with Crippen molar-refractivity contribution in [3.8, 4) is 0 Å². The zero-order chi connectivity index (χ0) is 10.1. The maximum absolute atomic E-state index is 11.3. The van der Waals surface area contributed by atoms with Gasteiger partial charge in [0.1, 0.15) is 6.61 Å². The summed E-state index contributed by atoms with van der Waals surface area (Å²) in [6.07, 6.45) is 0. The molecular formula is C8H6ClNO3S. The molecule has 0 bridgehead atoms. The van der Waals surface area contributed by atoms with Crippen LogP contribution >= 0.6 is 11.6 Å². The highest BCUT2D eigenvalue weighted by Crippen LogP contribution is 2.28. The summed E-state index contributed by atoms with van der Waals surface area (Å²) in [5, 5.41) is 0.375. The summed E-state index contributed by atoms with van der Waals surface area (Å²) < 4.78 is 17.0. The number of amides is 1. The van der Waals surface area contributed by atoms with E-state index in [1.165, 1.54) is 0 Å². The van der Waals surface area contributed by atoms with Crippen molar-refractivity contribution in [1.82, 2.24) is 0 Å². The third-order valence-corrected chi connectivity index (χ3v) is 3.07. The van der Waals surface area contributed by atoms with E-state index in [0.29, 0.717) is 10.7 Å². The van der Waals surface area contributed by atoms with E-state index in [2.05, 4.69) is 4.18 Å². The van der Waals surface area contributed by atoms with Crippen molar-refractivity contribution >= 4 is 34.5 Å². The molecule has 1 aromatic carbocycles. The Morgan fingerprint density at radius 1 is 1.43 bits per heavy atom. The summed E-state index contributed by atoms with van der Waals surface area (Å²) >= 11 is 4.10. The molecule has 1 unspecified atom stereocenters. The van der Waals surface area contributed by atoms with Gasteiger partial charge in [-0.15, -0.1) is 0 Å². The Bertz CT molecular complexity index is 393. The van der Waals surface area contributed by atoms with Crippen molar-refractivity contribution in [3.05, 3.63) is 29.3 Å². The first-order valence-electron chi connectivity index (χ1n) is 3.83. The minimum atomic E-state index is -1.75. The van der Waals surface area contributed by atoms with Gasteiger partial charge in [0, 0.05) is 0 Å². The molecule has 4 nitrogen and oxygen atoms in total. The molecule has 1 fully saturated rings. The fourth-order valence-corrected chi connectivity index (χ4v) is 2.24. The highest BCUT2D eigenvalue weighted by atomic mass is 35.5. The topological polar surface area (TPSA) is 46.6 Å². The van der Waals surface area contributed by atoms with Gasteiger partial charge in [0.15, 0.2) is 0 Å². The molecule has 0 saturated carbocycles. The first-order chi connectivity index (χ1) is 6.70. The van der Waals surface area contributed by atoms with E-state index in [4.69, 9.17) is 11.6 Å². The van der Waals surface area contributed by atoms with Gasteiger partial charge in [-0.25, -0.2) is 8.51 Å². The summed E-state index contributed by atoms with van der Waals surface area (Å²) in [5.41, 5.74) is 0.412. The highest BCUT2D eigenvalue weighted by Gasteiger charge is 2.31. The Morgan fingerprint density at radius 3 is 2.71 bits per heavy atom. The molecule has 0 aromatic heterocycles. The minimum absolute atomic E-state index is 0.169. The second-order valence-electron chi connectivity index (χ2n) is 2.62. The van der Waals surface area contributed by atoms with Gasteiger partial charge < -0.3 is 0 Å². The summed E-state index contributed by atoms with van der Waals surface area (Å²) in [6.45, 7) is -0.169. The molecule has 0 aliphatic carbocycles. The predicted molar refractivity (Wildman–Crippen MR) is 53.0 cm³/mol. The molecule has 74 valence electrons. The standard InChI is InChI=1S/C8H6ClNO3S/c9-6-3-1-2-4-7(6)10-8(11)5-13-14(10)12/h1-4H,5H2. The monoisotopic (exact) mass is 231 g/mol. The molecule has 0 spiro atoms. The fraction of sp³-hybridized carbons (Fsp3) is 0.125. The molecule has 1 aliphatic rings. The lowest BCUT2D eigenvalue weighted by Gasteiger charge is -2.12. The predicted octanol–water partition coefficient (Wildman–Crippen LogP) is 1.28. The van der Waals surface area contributed by atoms with Crippen LogP contribution in [0.15, 0.2) is 24.3 Å². The number of halogens is 1. The average molecular weight is 232 g/mol. The third kappa shape index (κ3) is 1.54. The van der Waals surface area contributed by atoms with Crippen LogP contribution in [0.25, 0.3) is 0 Å². The summed E-state index contributed by atoms with van der Waals surface area (Å²) in [6, 6.07) is 6.69. The number of nitrogens with zero attached hydrogens (tertiary/aromatic N) is 1. The molecule has 1 amide bonds. The van der Waals surface area contributed by atoms with Gasteiger partial charge in [0.2, 0.25) is 0 Å². The van der Waals surface area contributed by atoms with Crippen LogP contribution in [-0.4, -0.2) is 16.7 Å². The van der Waals surface area contributed by atoms with Crippen molar-refractivity contribution in [2.45, 2.75) is 0 Å². The number of carbonyl (C=O) groups is 1. The zero-order valence-electron chi connectivity index (χ0n) is 6.97. The lowest BCUT2D eigenvalue weighted by atomic mass is 10.3. The molecule has 1 heterocycles. The number of hydrogen-bond acceptors (Lipinski definition) is 3. The Kier molecular flexibility index (Phi) is 2.54. The lowest BCUT2D eigenvalue weighted by Crippen LogP contribution is -2.25. The molecule has 0 radical (unpaired) electrons. The number of benzene rings is 1. The van der Waals surface area contributed by atoms with E-state index in [9.17, 15) is 9.00 Å². The fourth-order valence-electron chi connectivity index (χ4n) is 1.13. The van der Waals surface area contributed by atoms with Gasteiger partial charge in [-0.3, -0.25) is 8.98 Å². The van der Waals surface area contributed by atoms with Crippen molar-refractivity contribution < 1.29 is 13.2 Å². The molecule has 0 N–H and O–H groups in total. The lowest BCUT2D eigenvalue weighted by molar-refractivity contribution is -0.117. The Labute approximate surface area is 88.2 Å². The van der Waals surface area contributed by atoms with Gasteiger partial charge in [-0.2, -0.15) is 0 Å². The van der Waals surface area contributed by atoms with Crippen LogP contribution in [0.4, 0.5) is 5.69 Å². The van der Waals surface area contributed by atoms with Crippen LogP contribution in [0.1, 0.15) is 0 Å². The van der Waals surface area contributed by atoms with Crippen molar-refractivity contribution in [2.75, 3.05) is 10.9 Å². The normalized spacial score (nSPS) is 21.6. The van der Waals surface area contributed by atoms with E-state index in [1.807, 2.05) is 0 Å². The van der Waals surface area contributed by atoms with Crippen molar-refractivity contribution in [2.24, 2.45) is 0 Å². The minimum Gasteiger partial charge on any atom is -0.271 e. The number of rotatable bonds is 1. The molecule has 14 heavy (non-hydrogen) atoms. The summed E-state index contributed by atoms with van der Waals surface area (Å²) in [7, 11) is 0. The van der Waals surface area contributed by atoms with Gasteiger partial charge in [0.25, 0.3) is 17.2 Å². The Balaban J connectivity index is 2.44. The molecule has 1 aromatic rings. The Hall–Kier alpha value is -0.910. The van der Waals surface area contributed by atoms with Crippen LogP contribution in [0.5, 0.6) is 0 Å². The SMILES string of the molecule is O=C1COS(=O)N1c1ccccc1Cl. The maximum atomic E-state index is 11.3. The zero-order valence-corrected chi connectivity index (χ0v) is 8.55. The van der Waals surface area contributed by atoms with Gasteiger partial charge in [-0.1, -0.05) is 23.7 Å². The maximum Gasteiger partial charge on any atom is 0.272 e. The quantitative estimate of drug-likeness (QED) is 0.732. The Morgan fingerprint density at radius 2 is 2.14 bits per heavy atom. The average Bonchev–Trinajstić information content (AvgIpc) is 2.48.